The molecular formula is C18H18ClFN2O2. The molecule has 0 spiro atoms. The van der Waals surface area contributed by atoms with Crippen LogP contribution < -0.4 is 5.32 Å². The standard InChI is InChI=1S/C18H18ClFN2O2/c1-13(23)22(11-14-6-8-16(19)9-7-14)12-18(24)21-10-15-4-2-3-5-17(15)20/h2-9H,10-12H2,1H3,(H,21,24). The Hall–Kier alpha value is -2.40. The van der Waals surface area contributed by atoms with Crippen LogP contribution in [0.15, 0.2) is 48.5 Å². The third-order valence-corrected chi connectivity index (χ3v) is 3.75. The molecule has 0 bridgehead atoms. The van der Waals surface area contributed by atoms with E-state index in [2.05, 4.69) is 5.32 Å². The molecule has 0 aliphatic carbocycles. The van der Waals surface area contributed by atoms with Gasteiger partial charge in [0, 0.05) is 30.6 Å². The summed E-state index contributed by atoms with van der Waals surface area (Å²) in [5.41, 5.74) is 1.27. The summed E-state index contributed by atoms with van der Waals surface area (Å²) in [6, 6.07) is 13.3. The van der Waals surface area contributed by atoms with Gasteiger partial charge in [0.1, 0.15) is 5.82 Å². The quantitative estimate of drug-likeness (QED) is 0.871. The zero-order valence-electron chi connectivity index (χ0n) is 13.3. The first-order valence-corrected chi connectivity index (χ1v) is 7.83. The van der Waals surface area contributed by atoms with Gasteiger partial charge in [0.05, 0.1) is 6.54 Å². The number of hydrogen-bond acceptors (Lipinski definition) is 2. The van der Waals surface area contributed by atoms with Crippen molar-refractivity contribution in [2.24, 2.45) is 0 Å². The lowest BCUT2D eigenvalue weighted by Gasteiger charge is -2.20. The summed E-state index contributed by atoms with van der Waals surface area (Å²) in [7, 11) is 0. The minimum absolute atomic E-state index is 0.0815. The van der Waals surface area contributed by atoms with Crippen LogP contribution in [0.3, 0.4) is 0 Å². The molecule has 0 saturated heterocycles. The van der Waals surface area contributed by atoms with Crippen molar-refractivity contribution in [2.45, 2.75) is 20.0 Å². The maximum atomic E-state index is 13.5. The molecule has 0 aliphatic rings. The second kappa shape index (κ2) is 8.45. The van der Waals surface area contributed by atoms with Gasteiger partial charge in [0.25, 0.3) is 0 Å². The van der Waals surface area contributed by atoms with Gasteiger partial charge in [0.2, 0.25) is 11.8 Å². The zero-order chi connectivity index (χ0) is 17.5. The molecule has 0 radical (unpaired) electrons. The van der Waals surface area contributed by atoms with E-state index in [1.807, 2.05) is 0 Å². The zero-order valence-corrected chi connectivity index (χ0v) is 14.0. The van der Waals surface area contributed by atoms with Crippen LogP contribution in [-0.4, -0.2) is 23.3 Å². The fraction of sp³-hybridized carbons (Fsp3) is 0.222. The normalized spacial score (nSPS) is 10.3. The summed E-state index contributed by atoms with van der Waals surface area (Å²) in [6.45, 7) is 1.70. The summed E-state index contributed by atoms with van der Waals surface area (Å²) < 4.78 is 13.5. The Morgan fingerprint density at radius 2 is 1.79 bits per heavy atom. The number of amides is 2. The number of halogens is 2. The van der Waals surface area contributed by atoms with Crippen LogP contribution in [-0.2, 0) is 22.7 Å². The molecule has 0 fully saturated rings. The van der Waals surface area contributed by atoms with Gasteiger partial charge in [-0.15, -0.1) is 0 Å². The minimum Gasteiger partial charge on any atom is -0.350 e. The second-order valence-corrected chi connectivity index (χ2v) is 5.81. The van der Waals surface area contributed by atoms with Gasteiger partial charge < -0.3 is 10.2 Å². The van der Waals surface area contributed by atoms with Crippen molar-refractivity contribution in [3.05, 3.63) is 70.5 Å². The lowest BCUT2D eigenvalue weighted by Crippen LogP contribution is -2.39. The number of rotatable bonds is 6. The monoisotopic (exact) mass is 348 g/mol. The predicted molar refractivity (Wildman–Crippen MR) is 90.8 cm³/mol. The number of hydrogen-bond donors (Lipinski definition) is 1. The van der Waals surface area contributed by atoms with Crippen molar-refractivity contribution in [1.29, 1.82) is 0 Å². The van der Waals surface area contributed by atoms with Crippen LogP contribution in [0.1, 0.15) is 18.1 Å². The van der Waals surface area contributed by atoms with E-state index in [1.165, 1.54) is 17.9 Å². The molecular weight excluding hydrogens is 331 g/mol. The third-order valence-electron chi connectivity index (χ3n) is 3.50. The van der Waals surface area contributed by atoms with Crippen molar-refractivity contribution in [2.75, 3.05) is 6.54 Å². The van der Waals surface area contributed by atoms with Gasteiger partial charge in [-0.2, -0.15) is 0 Å². The number of nitrogens with one attached hydrogen (secondary N) is 1. The van der Waals surface area contributed by atoms with E-state index in [-0.39, 0.29) is 30.7 Å². The lowest BCUT2D eigenvalue weighted by atomic mass is 10.2. The summed E-state index contributed by atoms with van der Waals surface area (Å²) in [4.78, 5) is 25.2. The number of carbonyl (C=O) groups excluding carboxylic acids is 2. The van der Waals surface area contributed by atoms with E-state index in [0.717, 1.165) is 5.56 Å². The van der Waals surface area contributed by atoms with Gasteiger partial charge in [-0.3, -0.25) is 9.59 Å². The van der Waals surface area contributed by atoms with Crippen LogP contribution in [0.5, 0.6) is 0 Å². The molecule has 0 unspecified atom stereocenters. The molecule has 4 nitrogen and oxygen atoms in total. The molecule has 2 aromatic rings. The Labute approximate surface area is 145 Å². The van der Waals surface area contributed by atoms with Crippen LogP contribution in [0.4, 0.5) is 4.39 Å². The first-order valence-electron chi connectivity index (χ1n) is 7.46. The molecule has 2 rings (SSSR count). The van der Waals surface area contributed by atoms with E-state index >= 15 is 0 Å². The molecule has 0 aliphatic heterocycles. The van der Waals surface area contributed by atoms with Crippen molar-refractivity contribution in [1.82, 2.24) is 10.2 Å². The van der Waals surface area contributed by atoms with E-state index in [4.69, 9.17) is 11.6 Å². The molecule has 2 aromatic carbocycles. The molecule has 1 N–H and O–H groups in total. The van der Waals surface area contributed by atoms with Crippen LogP contribution in [0.2, 0.25) is 5.02 Å². The highest BCUT2D eigenvalue weighted by Crippen LogP contribution is 2.11. The Morgan fingerprint density at radius 3 is 2.42 bits per heavy atom. The fourth-order valence-electron chi connectivity index (χ4n) is 2.15. The SMILES string of the molecule is CC(=O)N(CC(=O)NCc1ccccc1F)Cc1ccc(Cl)cc1. The van der Waals surface area contributed by atoms with Gasteiger partial charge in [0.15, 0.2) is 0 Å². The smallest absolute Gasteiger partial charge is 0.239 e. The lowest BCUT2D eigenvalue weighted by molar-refractivity contribution is -0.135. The number of nitrogens with zero attached hydrogens (tertiary/aromatic N) is 1. The fourth-order valence-corrected chi connectivity index (χ4v) is 2.28. The average Bonchev–Trinajstić information content (AvgIpc) is 2.55. The largest absolute Gasteiger partial charge is 0.350 e. The predicted octanol–water partition coefficient (Wildman–Crippen LogP) is 3.14. The number of benzene rings is 2. The molecule has 0 heterocycles. The highest BCUT2D eigenvalue weighted by atomic mass is 35.5. The Morgan fingerprint density at radius 1 is 1.12 bits per heavy atom. The van der Waals surface area contributed by atoms with Crippen LogP contribution in [0, 0.1) is 5.82 Å². The molecule has 126 valence electrons. The summed E-state index contributed by atoms with van der Waals surface area (Å²) in [6.07, 6.45) is 0. The summed E-state index contributed by atoms with van der Waals surface area (Å²) in [5, 5.41) is 3.23. The van der Waals surface area contributed by atoms with E-state index in [0.29, 0.717) is 17.1 Å². The first-order chi connectivity index (χ1) is 11.5. The molecule has 2 amide bonds. The van der Waals surface area contributed by atoms with Gasteiger partial charge in [-0.25, -0.2) is 4.39 Å². The highest BCUT2D eigenvalue weighted by Gasteiger charge is 2.14. The topological polar surface area (TPSA) is 49.4 Å². The number of carbonyl (C=O) groups is 2. The van der Waals surface area contributed by atoms with Crippen molar-refractivity contribution < 1.29 is 14.0 Å². The second-order valence-electron chi connectivity index (χ2n) is 5.37. The molecule has 0 atom stereocenters. The van der Waals surface area contributed by atoms with Gasteiger partial charge in [-0.05, 0) is 23.8 Å². The Balaban J connectivity index is 1.92. The van der Waals surface area contributed by atoms with Gasteiger partial charge >= 0.3 is 0 Å². The van der Waals surface area contributed by atoms with E-state index < -0.39 is 0 Å². The van der Waals surface area contributed by atoms with Crippen molar-refractivity contribution >= 4 is 23.4 Å². The first kappa shape index (κ1) is 17.9. The van der Waals surface area contributed by atoms with Gasteiger partial charge in [-0.1, -0.05) is 41.9 Å². The van der Waals surface area contributed by atoms with Crippen LogP contribution in [0.25, 0.3) is 0 Å². The summed E-state index contributed by atoms with van der Waals surface area (Å²) in [5.74, 6) is -0.934. The molecule has 0 saturated carbocycles. The van der Waals surface area contributed by atoms with E-state index in [9.17, 15) is 14.0 Å². The molecule has 24 heavy (non-hydrogen) atoms. The highest BCUT2D eigenvalue weighted by molar-refractivity contribution is 6.30. The maximum Gasteiger partial charge on any atom is 0.239 e. The maximum absolute atomic E-state index is 13.5. The molecule has 6 heteroatoms. The Bertz CT molecular complexity index is 719. The Kier molecular flexibility index (Phi) is 6.32. The molecule has 0 aromatic heterocycles. The van der Waals surface area contributed by atoms with Crippen LogP contribution >= 0.6 is 11.6 Å². The average molecular weight is 349 g/mol. The van der Waals surface area contributed by atoms with Crippen molar-refractivity contribution in [3.63, 3.8) is 0 Å². The minimum atomic E-state index is -0.373. The van der Waals surface area contributed by atoms with Crippen molar-refractivity contribution in [3.8, 4) is 0 Å². The third kappa shape index (κ3) is 5.35. The van der Waals surface area contributed by atoms with E-state index in [1.54, 1.807) is 42.5 Å². The summed E-state index contributed by atoms with van der Waals surface area (Å²) >= 11 is 5.83.